The molecule has 3 N–H and O–H groups in total. The van der Waals surface area contributed by atoms with Gasteiger partial charge in [0.1, 0.15) is 28.6 Å². The molecule has 2 heterocycles. The number of halogens is 2. The number of nitrogens with one attached hydrogen (secondary N) is 1. The fourth-order valence-electron chi connectivity index (χ4n) is 1.78. The van der Waals surface area contributed by atoms with E-state index in [0.29, 0.717) is 5.75 Å². The van der Waals surface area contributed by atoms with Gasteiger partial charge in [-0.2, -0.15) is 0 Å². The third kappa shape index (κ3) is 4.35. The van der Waals surface area contributed by atoms with Gasteiger partial charge in [0.15, 0.2) is 0 Å². The Bertz CT molecular complexity index is 708. The normalized spacial score (nSPS) is 10.9. The first-order valence-electron chi connectivity index (χ1n) is 6.85. The van der Waals surface area contributed by atoms with E-state index >= 15 is 0 Å². The largest absolute Gasteiger partial charge is 0.489 e. The van der Waals surface area contributed by atoms with Gasteiger partial charge in [-0.25, -0.2) is 18.7 Å². The van der Waals surface area contributed by atoms with Crippen LogP contribution in [-0.4, -0.2) is 22.0 Å². The number of carbonyl (C=O) groups excluding carboxylic acids is 1. The zero-order chi connectivity index (χ0) is 17.0. The van der Waals surface area contributed by atoms with Gasteiger partial charge < -0.3 is 15.8 Å². The smallest absolute Gasteiger partial charge is 0.280 e. The predicted molar refractivity (Wildman–Crippen MR) is 81.6 cm³/mol. The Kier molecular flexibility index (Phi) is 5.05. The van der Waals surface area contributed by atoms with E-state index < -0.39 is 18.0 Å². The summed E-state index contributed by atoms with van der Waals surface area (Å²) in [5, 5.41) is 2.54. The highest BCUT2D eigenvalue weighted by Crippen LogP contribution is 2.27. The van der Waals surface area contributed by atoms with Crippen molar-refractivity contribution in [2.45, 2.75) is 26.4 Å². The lowest BCUT2D eigenvalue weighted by molar-refractivity contribution is 0.101. The van der Waals surface area contributed by atoms with Crippen LogP contribution in [0, 0.1) is 0 Å². The molecule has 0 spiro atoms. The van der Waals surface area contributed by atoms with Crippen LogP contribution in [0.1, 0.15) is 36.5 Å². The van der Waals surface area contributed by atoms with Crippen LogP contribution in [0.25, 0.3) is 0 Å². The molecule has 2 rings (SSSR count). The van der Waals surface area contributed by atoms with Gasteiger partial charge in [0, 0.05) is 6.07 Å². The number of nitrogens with two attached hydrogens (primary N) is 1. The molecule has 0 atom stereocenters. The second-order valence-electron chi connectivity index (χ2n) is 4.97. The maximum Gasteiger partial charge on any atom is 0.280 e. The first-order valence-corrected chi connectivity index (χ1v) is 6.85. The molecular formula is C15H16F2N4O2. The average molecular weight is 322 g/mol. The average Bonchev–Trinajstić information content (AvgIpc) is 2.49. The van der Waals surface area contributed by atoms with Crippen LogP contribution in [0.3, 0.4) is 0 Å². The van der Waals surface area contributed by atoms with Crippen molar-refractivity contribution in [2.75, 3.05) is 11.1 Å². The zero-order valence-electron chi connectivity index (χ0n) is 12.6. The summed E-state index contributed by atoms with van der Waals surface area (Å²) in [5.41, 5.74) is 5.28. The lowest BCUT2D eigenvalue weighted by atomic mass is 10.2. The van der Waals surface area contributed by atoms with E-state index in [1.165, 1.54) is 24.4 Å². The molecule has 2 aromatic rings. The number of amides is 1. The number of hydrogen-bond donors (Lipinski definition) is 2. The van der Waals surface area contributed by atoms with Crippen molar-refractivity contribution in [3.8, 4) is 5.75 Å². The standard InChI is InChI=1S/C15H16F2N4O2/c1-8(2)23-12-6-13(18)19-7-11(12)21-15(22)10-5-3-4-9(20-10)14(16)17/h3-8,14H,1-2H3,(H2,18,19)(H,21,22). The van der Waals surface area contributed by atoms with Crippen LogP contribution in [0.2, 0.25) is 0 Å². The van der Waals surface area contributed by atoms with Crippen LogP contribution in [0.5, 0.6) is 5.75 Å². The molecular weight excluding hydrogens is 306 g/mol. The van der Waals surface area contributed by atoms with Crippen LogP contribution >= 0.6 is 0 Å². The Balaban J connectivity index is 2.25. The molecule has 2 aromatic heterocycles. The van der Waals surface area contributed by atoms with E-state index in [1.54, 1.807) is 0 Å². The molecule has 122 valence electrons. The summed E-state index contributed by atoms with van der Waals surface area (Å²) in [4.78, 5) is 19.7. The molecule has 0 aliphatic heterocycles. The van der Waals surface area contributed by atoms with Gasteiger partial charge in [0.05, 0.1) is 12.3 Å². The van der Waals surface area contributed by atoms with Crippen molar-refractivity contribution in [3.63, 3.8) is 0 Å². The number of pyridine rings is 2. The highest BCUT2D eigenvalue weighted by atomic mass is 19.3. The van der Waals surface area contributed by atoms with Gasteiger partial charge in [-0.1, -0.05) is 6.07 Å². The van der Waals surface area contributed by atoms with E-state index in [0.717, 1.165) is 6.07 Å². The van der Waals surface area contributed by atoms with E-state index in [2.05, 4.69) is 15.3 Å². The number of aromatic nitrogens is 2. The van der Waals surface area contributed by atoms with Crippen LogP contribution in [0.4, 0.5) is 20.3 Å². The summed E-state index contributed by atoms with van der Waals surface area (Å²) in [5.74, 6) is -0.0741. The Labute approximate surface area is 131 Å². The molecule has 0 aromatic carbocycles. The molecule has 0 aliphatic rings. The number of hydrogen-bond acceptors (Lipinski definition) is 5. The minimum Gasteiger partial charge on any atom is -0.489 e. The summed E-state index contributed by atoms with van der Waals surface area (Å²) in [6.07, 6.45) is -1.56. The van der Waals surface area contributed by atoms with Gasteiger partial charge in [0.2, 0.25) is 0 Å². The number of nitrogens with zero attached hydrogens (tertiary/aromatic N) is 2. The molecule has 0 fully saturated rings. The van der Waals surface area contributed by atoms with Crippen molar-refractivity contribution in [3.05, 3.63) is 41.9 Å². The van der Waals surface area contributed by atoms with Crippen molar-refractivity contribution in [1.82, 2.24) is 9.97 Å². The van der Waals surface area contributed by atoms with Gasteiger partial charge >= 0.3 is 0 Å². The summed E-state index contributed by atoms with van der Waals surface area (Å²) < 4.78 is 30.9. The first kappa shape index (κ1) is 16.6. The van der Waals surface area contributed by atoms with Gasteiger partial charge in [-0.15, -0.1) is 0 Å². The third-order valence-corrected chi connectivity index (χ3v) is 2.72. The van der Waals surface area contributed by atoms with Crippen molar-refractivity contribution < 1.29 is 18.3 Å². The summed E-state index contributed by atoms with van der Waals surface area (Å²) in [6, 6.07) is 5.31. The lowest BCUT2D eigenvalue weighted by Gasteiger charge is -2.15. The number of nitrogen functional groups attached to an aromatic ring is 1. The number of alkyl halides is 2. The zero-order valence-corrected chi connectivity index (χ0v) is 12.6. The first-order chi connectivity index (χ1) is 10.9. The van der Waals surface area contributed by atoms with Gasteiger partial charge in [0.25, 0.3) is 12.3 Å². The lowest BCUT2D eigenvalue weighted by Crippen LogP contribution is -2.17. The molecule has 0 radical (unpaired) electrons. The maximum absolute atomic E-state index is 12.7. The van der Waals surface area contributed by atoms with E-state index in [-0.39, 0.29) is 23.3 Å². The number of carbonyl (C=O) groups is 1. The summed E-state index contributed by atoms with van der Waals surface area (Å²) >= 11 is 0. The van der Waals surface area contributed by atoms with Crippen molar-refractivity contribution >= 4 is 17.4 Å². The summed E-state index contributed by atoms with van der Waals surface area (Å²) in [7, 11) is 0. The second-order valence-corrected chi connectivity index (χ2v) is 4.97. The Morgan fingerprint density at radius 3 is 2.74 bits per heavy atom. The Morgan fingerprint density at radius 2 is 2.09 bits per heavy atom. The highest BCUT2D eigenvalue weighted by molar-refractivity contribution is 6.03. The Hall–Kier alpha value is -2.77. The van der Waals surface area contributed by atoms with Gasteiger partial charge in [-0.3, -0.25) is 4.79 Å². The maximum atomic E-state index is 12.7. The molecule has 0 saturated heterocycles. The molecule has 23 heavy (non-hydrogen) atoms. The summed E-state index contributed by atoms with van der Waals surface area (Å²) in [6.45, 7) is 3.63. The predicted octanol–water partition coefficient (Wildman–Crippen LogP) is 3.04. The molecule has 0 unspecified atom stereocenters. The third-order valence-electron chi connectivity index (χ3n) is 2.72. The monoisotopic (exact) mass is 322 g/mol. The van der Waals surface area contributed by atoms with E-state index in [4.69, 9.17) is 10.5 Å². The molecule has 0 aliphatic carbocycles. The Morgan fingerprint density at radius 1 is 1.35 bits per heavy atom. The molecule has 8 heteroatoms. The number of rotatable bonds is 5. The van der Waals surface area contributed by atoms with Crippen molar-refractivity contribution in [1.29, 1.82) is 0 Å². The topological polar surface area (TPSA) is 90.1 Å². The van der Waals surface area contributed by atoms with Crippen LogP contribution in [0.15, 0.2) is 30.5 Å². The number of ether oxygens (including phenoxy) is 1. The SMILES string of the molecule is CC(C)Oc1cc(N)ncc1NC(=O)c1cccc(C(F)F)n1. The highest BCUT2D eigenvalue weighted by Gasteiger charge is 2.16. The van der Waals surface area contributed by atoms with Crippen molar-refractivity contribution in [2.24, 2.45) is 0 Å². The van der Waals surface area contributed by atoms with E-state index in [1.807, 2.05) is 13.8 Å². The fraction of sp³-hybridized carbons (Fsp3) is 0.267. The molecule has 0 saturated carbocycles. The minimum absolute atomic E-state index is 0.130. The fourth-order valence-corrected chi connectivity index (χ4v) is 1.78. The quantitative estimate of drug-likeness (QED) is 0.883. The minimum atomic E-state index is -2.75. The molecule has 1 amide bonds. The molecule has 0 bridgehead atoms. The second kappa shape index (κ2) is 6.99. The van der Waals surface area contributed by atoms with E-state index in [9.17, 15) is 13.6 Å². The van der Waals surface area contributed by atoms with Crippen LogP contribution < -0.4 is 15.8 Å². The van der Waals surface area contributed by atoms with Gasteiger partial charge in [-0.05, 0) is 26.0 Å². The molecule has 6 nitrogen and oxygen atoms in total. The number of anilines is 2. The van der Waals surface area contributed by atoms with Crippen LogP contribution in [-0.2, 0) is 0 Å².